The maximum atomic E-state index is 5.17. The summed E-state index contributed by atoms with van der Waals surface area (Å²) in [7, 11) is 1.69. The van der Waals surface area contributed by atoms with E-state index in [2.05, 4.69) is 57.2 Å². The maximum Gasteiger partial charge on any atom is 0.118 e. The highest BCUT2D eigenvalue weighted by Gasteiger charge is 2.12. The van der Waals surface area contributed by atoms with Crippen LogP contribution in [0, 0.1) is 0 Å². The molecular formula is C17H20O. The molecule has 0 spiro atoms. The minimum absolute atomic E-state index is 0.207. The van der Waals surface area contributed by atoms with Gasteiger partial charge in [-0.1, -0.05) is 57.2 Å². The normalized spacial score (nSPS) is 11.3. The van der Waals surface area contributed by atoms with Crippen LogP contribution in [0.5, 0.6) is 5.75 Å². The van der Waals surface area contributed by atoms with Crippen LogP contribution in [0.4, 0.5) is 0 Å². The summed E-state index contributed by atoms with van der Waals surface area (Å²) < 4.78 is 5.17. The summed E-state index contributed by atoms with van der Waals surface area (Å²) in [5.74, 6) is 0.894. The molecule has 0 aromatic heterocycles. The quantitative estimate of drug-likeness (QED) is 0.741. The number of methoxy groups -OCH3 is 1. The van der Waals surface area contributed by atoms with Crippen LogP contribution in [0.2, 0.25) is 0 Å². The summed E-state index contributed by atoms with van der Waals surface area (Å²) in [6.07, 6.45) is 0. The van der Waals surface area contributed by atoms with Crippen LogP contribution in [-0.4, -0.2) is 7.11 Å². The van der Waals surface area contributed by atoms with Gasteiger partial charge in [0.2, 0.25) is 0 Å². The molecule has 1 heteroatoms. The predicted octanol–water partition coefficient (Wildman–Crippen LogP) is 4.66. The van der Waals surface area contributed by atoms with E-state index in [9.17, 15) is 0 Å². The van der Waals surface area contributed by atoms with E-state index in [1.54, 1.807) is 7.11 Å². The molecule has 2 rings (SSSR count). The average molecular weight is 240 g/mol. The van der Waals surface area contributed by atoms with Crippen LogP contribution in [0.1, 0.15) is 26.3 Å². The summed E-state index contributed by atoms with van der Waals surface area (Å²) in [5, 5.41) is 0. The molecule has 0 fully saturated rings. The molecule has 0 aliphatic heterocycles. The summed E-state index contributed by atoms with van der Waals surface area (Å²) in [5.41, 5.74) is 4.03. The summed E-state index contributed by atoms with van der Waals surface area (Å²) in [4.78, 5) is 0. The molecule has 0 aliphatic carbocycles. The number of hydrogen-bond acceptors (Lipinski definition) is 1. The molecule has 0 bridgehead atoms. The van der Waals surface area contributed by atoms with Crippen molar-refractivity contribution in [1.82, 2.24) is 0 Å². The van der Waals surface area contributed by atoms with Crippen molar-refractivity contribution in [3.8, 4) is 16.9 Å². The van der Waals surface area contributed by atoms with E-state index in [0.29, 0.717) is 0 Å². The lowest BCUT2D eigenvalue weighted by molar-refractivity contribution is 0.415. The van der Waals surface area contributed by atoms with E-state index in [1.807, 2.05) is 12.1 Å². The molecule has 0 saturated carbocycles. The zero-order valence-corrected chi connectivity index (χ0v) is 11.5. The number of hydrogen-bond donors (Lipinski definition) is 0. The van der Waals surface area contributed by atoms with Gasteiger partial charge in [0.05, 0.1) is 7.11 Å². The number of rotatable bonds is 2. The van der Waals surface area contributed by atoms with Gasteiger partial charge in [0.1, 0.15) is 5.75 Å². The Kier molecular flexibility index (Phi) is 3.42. The van der Waals surface area contributed by atoms with Crippen molar-refractivity contribution in [3.63, 3.8) is 0 Å². The molecule has 18 heavy (non-hydrogen) atoms. The second-order valence-electron chi connectivity index (χ2n) is 5.56. The maximum absolute atomic E-state index is 5.17. The Bertz CT molecular complexity index is 501. The van der Waals surface area contributed by atoms with Gasteiger partial charge in [0, 0.05) is 0 Å². The zero-order valence-electron chi connectivity index (χ0n) is 11.5. The lowest BCUT2D eigenvalue weighted by Gasteiger charge is -2.19. The topological polar surface area (TPSA) is 9.23 Å². The van der Waals surface area contributed by atoms with Crippen LogP contribution in [0.15, 0.2) is 48.5 Å². The van der Waals surface area contributed by atoms with Crippen LogP contribution in [-0.2, 0) is 5.41 Å². The van der Waals surface area contributed by atoms with Gasteiger partial charge in [0.15, 0.2) is 0 Å². The van der Waals surface area contributed by atoms with Gasteiger partial charge in [-0.25, -0.2) is 0 Å². The Hall–Kier alpha value is -1.76. The first-order chi connectivity index (χ1) is 8.50. The third-order valence-corrected chi connectivity index (χ3v) is 3.17. The van der Waals surface area contributed by atoms with Crippen LogP contribution < -0.4 is 4.74 Å². The van der Waals surface area contributed by atoms with Crippen molar-refractivity contribution in [2.75, 3.05) is 7.11 Å². The number of benzene rings is 2. The molecule has 0 N–H and O–H groups in total. The van der Waals surface area contributed by atoms with Gasteiger partial charge in [-0.15, -0.1) is 0 Å². The van der Waals surface area contributed by atoms with Crippen molar-refractivity contribution in [3.05, 3.63) is 54.1 Å². The van der Waals surface area contributed by atoms with E-state index < -0.39 is 0 Å². The van der Waals surface area contributed by atoms with Crippen molar-refractivity contribution in [2.45, 2.75) is 26.2 Å². The molecule has 94 valence electrons. The third kappa shape index (κ3) is 2.73. The highest BCUT2D eigenvalue weighted by molar-refractivity contribution is 5.64. The predicted molar refractivity (Wildman–Crippen MR) is 77.1 cm³/mol. The first kappa shape index (κ1) is 12.7. The van der Waals surface area contributed by atoms with Crippen molar-refractivity contribution < 1.29 is 4.74 Å². The fourth-order valence-electron chi connectivity index (χ4n) is 1.95. The van der Waals surface area contributed by atoms with Crippen LogP contribution in [0.25, 0.3) is 11.1 Å². The van der Waals surface area contributed by atoms with Crippen LogP contribution in [0.3, 0.4) is 0 Å². The zero-order chi connectivity index (χ0) is 13.2. The van der Waals surface area contributed by atoms with Crippen molar-refractivity contribution >= 4 is 0 Å². The Labute approximate surface area is 109 Å². The molecular weight excluding hydrogens is 220 g/mol. The van der Waals surface area contributed by atoms with Gasteiger partial charge >= 0.3 is 0 Å². The molecule has 0 unspecified atom stereocenters. The second kappa shape index (κ2) is 4.85. The summed E-state index contributed by atoms with van der Waals surface area (Å²) in [6.45, 7) is 6.69. The minimum Gasteiger partial charge on any atom is -0.497 e. The largest absolute Gasteiger partial charge is 0.497 e. The Morgan fingerprint density at radius 3 is 1.56 bits per heavy atom. The Morgan fingerprint density at radius 1 is 0.722 bits per heavy atom. The minimum atomic E-state index is 0.207. The molecule has 0 saturated heterocycles. The van der Waals surface area contributed by atoms with Gasteiger partial charge in [-0.2, -0.15) is 0 Å². The summed E-state index contributed by atoms with van der Waals surface area (Å²) >= 11 is 0. The Balaban J connectivity index is 2.28. The van der Waals surface area contributed by atoms with Gasteiger partial charge in [-0.05, 0) is 34.2 Å². The molecule has 0 aliphatic rings. The summed E-state index contributed by atoms with van der Waals surface area (Å²) in [6, 6.07) is 16.9. The SMILES string of the molecule is COc1ccc(-c2ccc(C(C)(C)C)cc2)cc1. The monoisotopic (exact) mass is 240 g/mol. The fraction of sp³-hybridized carbons (Fsp3) is 0.294. The van der Waals surface area contributed by atoms with Gasteiger partial charge in [0.25, 0.3) is 0 Å². The Morgan fingerprint density at radius 2 is 1.17 bits per heavy atom. The first-order valence-electron chi connectivity index (χ1n) is 6.26. The van der Waals surface area contributed by atoms with Crippen LogP contribution >= 0.6 is 0 Å². The highest BCUT2D eigenvalue weighted by Crippen LogP contribution is 2.27. The molecule has 0 radical (unpaired) electrons. The second-order valence-corrected chi connectivity index (χ2v) is 5.56. The smallest absolute Gasteiger partial charge is 0.118 e. The standard InChI is InChI=1S/C17H20O/c1-17(2,3)15-9-5-13(6-10-15)14-7-11-16(18-4)12-8-14/h5-12H,1-4H3. The van der Waals surface area contributed by atoms with E-state index in [0.717, 1.165) is 5.75 Å². The number of ether oxygens (including phenoxy) is 1. The molecule has 0 atom stereocenters. The molecule has 0 heterocycles. The third-order valence-electron chi connectivity index (χ3n) is 3.17. The molecule has 2 aromatic carbocycles. The first-order valence-corrected chi connectivity index (χ1v) is 6.26. The van der Waals surface area contributed by atoms with Crippen molar-refractivity contribution in [1.29, 1.82) is 0 Å². The molecule has 0 amide bonds. The fourth-order valence-corrected chi connectivity index (χ4v) is 1.95. The van der Waals surface area contributed by atoms with E-state index in [1.165, 1.54) is 16.7 Å². The van der Waals surface area contributed by atoms with Crippen molar-refractivity contribution in [2.24, 2.45) is 0 Å². The van der Waals surface area contributed by atoms with E-state index in [-0.39, 0.29) is 5.41 Å². The lowest BCUT2D eigenvalue weighted by atomic mass is 9.86. The van der Waals surface area contributed by atoms with E-state index in [4.69, 9.17) is 4.74 Å². The average Bonchev–Trinajstić information content (AvgIpc) is 2.38. The van der Waals surface area contributed by atoms with Gasteiger partial charge < -0.3 is 4.74 Å². The molecule has 1 nitrogen and oxygen atoms in total. The van der Waals surface area contributed by atoms with Gasteiger partial charge in [-0.3, -0.25) is 0 Å². The molecule has 2 aromatic rings. The lowest BCUT2D eigenvalue weighted by Crippen LogP contribution is -2.10. The van der Waals surface area contributed by atoms with E-state index >= 15 is 0 Å². The highest BCUT2D eigenvalue weighted by atomic mass is 16.5.